The smallest absolute Gasteiger partial charge is 0.325 e. The number of nitrogens with zero attached hydrogens (tertiary/aromatic N) is 1. The maximum absolute atomic E-state index is 13.0. The van der Waals surface area contributed by atoms with Gasteiger partial charge in [0.25, 0.3) is 5.91 Å². The van der Waals surface area contributed by atoms with Gasteiger partial charge in [-0.15, -0.1) is 0 Å². The highest BCUT2D eigenvalue weighted by Gasteiger charge is 2.49. The number of carbonyl (C=O) groups is 3. The molecule has 0 aromatic heterocycles. The molecule has 1 aliphatic carbocycles. The first-order chi connectivity index (χ1) is 13.9. The Bertz CT molecular complexity index is 986. The summed E-state index contributed by atoms with van der Waals surface area (Å²) < 4.78 is 5.14. The van der Waals surface area contributed by atoms with Crippen molar-refractivity contribution in [1.29, 1.82) is 0 Å². The molecule has 2 aromatic rings. The number of ether oxygens (including phenoxy) is 1. The molecule has 2 aromatic carbocycles. The summed E-state index contributed by atoms with van der Waals surface area (Å²) in [6.45, 7) is 1.29. The number of hydrogen-bond acceptors (Lipinski definition) is 4. The van der Waals surface area contributed by atoms with Crippen molar-refractivity contribution in [2.45, 2.75) is 31.7 Å². The SMILES string of the molecule is COc1ccc([C@@]2(C)NC(=O)N(CC(=O)Nc3ccc4c(c3)CCC4)C2=O)cc1. The maximum atomic E-state index is 13.0. The van der Waals surface area contributed by atoms with E-state index in [2.05, 4.69) is 10.6 Å². The van der Waals surface area contributed by atoms with Gasteiger partial charge in [-0.2, -0.15) is 0 Å². The van der Waals surface area contributed by atoms with Gasteiger partial charge in [0.15, 0.2) is 0 Å². The molecule has 4 amide bonds. The van der Waals surface area contributed by atoms with Gasteiger partial charge in [0.05, 0.1) is 7.11 Å². The Hall–Kier alpha value is -3.35. The Morgan fingerprint density at radius 2 is 1.86 bits per heavy atom. The second-order valence-electron chi connectivity index (χ2n) is 7.56. The number of rotatable bonds is 5. The van der Waals surface area contributed by atoms with Gasteiger partial charge in [-0.05, 0) is 67.1 Å². The first-order valence-corrected chi connectivity index (χ1v) is 9.61. The molecule has 0 saturated carbocycles. The summed E-state index contributed by atoms with van der Waals surface area (Å²) in [7, 11) is 1.56. The summed E-state index contributed by atoms with van der Waals surface area (Å²) in [5, 5.41) is 5.50. The zero-order valence-electron chi connectivity index (χ0n) is 16.5. The molecule has 1 aliphatic heterocycles. The highest BCUT2D eigenvalue weighted by atomic mass is 16.5. The fourth-order valence-corrected chi connectivity index (χ4v) is 3.95. The number of urea groups is 1. The minimum atomic E-state index is -1.22. The maximum Gasteiger partial charge on any atom is 0.325 e. The van der Waals surface area contributed by atoms with Crippen LogP contribution in [0, 0.1) is 0 Å². The lowest BCUT2D eigenvalue weighted by atomic mass is 9.92. The van der Waals surface area contributed by atoms with Crippen molar-refractivity contribution in [3.05, 3.63) is 59.2 Å². The lowest BCUT2D eigenvalue weighted by Crippen LogP contribution is -2.42. The third kappa shape index (κ3) is 3.44. The Kier molecular flexibility index (Phi) is 4.74. The van der Waals surface area contributed by atoms with E-state index in [4.69, 9.17) is 4.74 Å². The number of fused-ring (bicyclic) bond motifs is 1. The van der Waals surface area contributed by atoms with Crippen molar-refractivity contribution >= 4 is 23.5 Å². The van der Waals surface area contributed by atoms with Crippen LogP contribution in [-0.2, 0) is 28.0 Å². The number of imide groups is 1. The third-order valence-electron chi connectivity index (χ3n) is 5.63. The molecule has 7 heteroatoms. The monoisotopic (exact) mass is 393 g/mol. The molecule has 0 bridgehead atoms. The van der Waals surface area contributed by atoms with Gasteiger partial charge in [0.1, 0.15) is 17.8 Å². The van der Waals surface area contributed by atoms with Crippen molar-refractivity contribution in [2.75, 3.05) is 19.0 Å². The van der Waals surface area contributed by atoms with Gasteiger partial charge >= 0.3 is 6.03 Å². The number of aryl methyl sites for hydroxylation is 2. The van der Waals surface area contributed by atoms with Crippen molar-refractivity contribution in [3.8, 4) is 5.75 Å². The molecule has 1 atom stereocenters. The summed E-state index contributed by atoms with van der Waals surface area (Å²) in [6.07, 6.45) is 3.20. The number of nitrogens with one attached hydrogen (secondary N) is 2. The van der Waals surface area contributed by atoms with Crippen molar-refractivity contribution in [3.63, 3.8) is 0 Å². The molecular weight excluding hydrogens is 370 g/mol. The molecule has 2 N–H and O–H groups in total. The standard InChI is InChI=1S/C22H23N3O4/c1-22(16-7-10-18(29-2)11-8-16)20(27)25(21(28)24-22)13-19(26)23-17-9-6-14-4-3-5-15(14)12-17/h6-12H,3-5,13H2,1-2H3,(H,23,26)(H,24,28)/t22-/m1/s1. The van der Waals surface area contributed by atoms with Crippen molar-refractivity contribution in [1.82, 2.24) is 10.2 Å². The second kappa shape index (κ2) is 7.24. The van der Waals surface area contributed by atoms with E-state index in [1.807, 2.05) is 18.2 Å². The van der Waals surface area contributed by atoms with Crippen LogP contribution >= 0.6 is 0 Å². The number of carbonyl (C=O) groups excluding carboxylic acids is 3. The van der Waals surface area contributed by atoms with Crippen LogP contribution in [0.25, 0.3) is 0 Å². The number of anilines is 1. The van der Waals surface area contributed by atoms with E-state index in [0.29, 0.717) is 17.0 Å². The van der Waals surface area contributed by atoms with Crippen LogP contribution in [0.15, 0.2) is 42.5 Å². The summed E-state index contributed by atoms with van der Waals surface area (Å²) in [4.78, 5) is 38.8. The van der Waals surface area contributed by atoms with Crippen LogP contribution in [0.2, 0.25) is 0 Å². The largest absolute Gasteiger partial charge is 0.497 e. The van der Waals surface area contributed by atoms with Crippen LogP contribution in [0.5, 0.6) is 5.75 Å². The summed E-state index contributed by atoms with van der Waals surface area (Å²) in [5.41, 5.74) is 2.63. The van der Waals surface area contributed by atoms with Crippen molar-refractivity contribution < 1.29 is 19.1 Å². The Balaban J connectivity index is 1.46. The predicted molar refractivity (Wildman–Crippen MR) is 108 cm³/mol. The molecule has 29 heavy (non-hydrogen) atoms. The normalized spacial score (nSPS) is 20.4. The van der Waals surface area contributed by atoms with Gasteiger partial charge in [0, 0.05) is 5.69 Å². The van der Waals surface area contributed by atoms with E-state index in [1.165, 1.54) is 11.1 Å². The first kappa shape index (κ1) is 19.0. The molecule has 1 saturated heterocycles. The Labute approximate surface area is 169 Å². The molecule has 1 heterocycles. The number of methoxy groups -OCH3 is 1. The first-order valence-electron chi connectivity index (χ1n) is 9.61. The lowest BCUT2D eigenvalue weighted by molar-refractivity contribution is -0.133. The van der Waals surface area contributed by atoms with E-state index in [9.17, 15) is 14.4 Å². The minimum absolute atomic E-state index is 0.340. The zero-order valence-corrected chi connectivity index (χ0v) is 16.5. The number of amides is 4. The molecule has 150 valence electrons. The van der Waals surface area contributed by atoms with E-state index in [-0.39, 0.29) is 6.54 Å². The molecular formula is C22H23N3O4. The fourth-order valence-electron chi connectivity index (χ4n) is 3.95. The summed E-state index contributed by atoms with van der Waals surface area (Å²) >= 11 is 0. The molecule has 0 spiro atoms. The fraction of sp³-hybridized carbons (Fsp3) is 0.318. The quantitative estimate of drug-likeness (QED) is 0.765. The highest BCUT2D eigenvalue weighted by Crippen LogP contribution is 2.30. The van der Waals surface area contributed by atoms with Crippen LogP contribution < -0.4 is 15.4 Å². The van der Waals surface area contributed by atoms with E-state index >= 15 is 0 Å². The van der Waals surface area contributed by atoms with E-state index in [1.54, 1.807) is 38.3 Å². The minimum Gasteiger partial charge on any atom is -0.497 e. The topological polar surface area (TPSA) is 87.7 Å². The molecule has 0 radical (unpaired) electrons. The molecule has 7 nitrogen and oxygen atoms in total. The van der Waals surface area contributed by atoms with Crippen LogP contribution in [0.1, 0.15) is 30.0 Å². The molecule has 2 aliphatic rings. The van der Waals surface area contributed by atoms with Gasteiger partial charge in [-0.1, -0.05) is 18.2 Å². The van der Waals surface area contributed by atoms with Gasteiger partial charge in [0.2, 0.25) is 5.91 Å². The highest BCUT2D eigenvalue weighted by molar-refractivity contribution is 6.10. The van der Waals surface area contributed by atoms with E-state index in [0.717, 1.165) is 24.2 Å². The van der Waals surface area contributed by atoms with Gasteiger partial charge < -0.3 is 15.4 Å². The Morgan fingerprint density at radius 1 is 1.14 bits per heavy atom. The average molecular weight is 393 g/mol. The third-order valence-corrected chi connectivity index (χ3v) is 5.63. The van der Waals surface area contributed by atoms with Gasteiger partial charge in [-0.25, -0.2) is 4.79 Å². The van der Waals surface area contributed by atoms with Crippen LogP contribution in [0.4, 0.5) is 10.5 Å². The average Bonchev–Trinajstić information content (AvgIpc) is 3.26. The molecule has 1 fully saturated rings. The summed E-state index contributed by atoms with van der Waals surface area (Å²) in [5.74, 6) is -0.220. The van der Waals surface area contributed by atoms with Crippen LogP contribution in [-0.4, -0.2) is 36.4 Å². The van der Waals surface area contributed by atoms with Crippen LogP contribution in [0.3, 0.4) is 0 Å². The van der Waals surface area contributed by atoms with E-state index < -0.39 is 23.4 Å². The number of benzene rings is 2. The predicted octanol–water partition coefficient (Wildman–Crippen LogP) is 2.59. The number of hydrogen-bond donors (Lipinski definition) is 2. The second-order valence-corrected chi connectivity index (χ2v) is 7.56. The summed E-state index contributed by atoms with van der Waals surface area (Å²) in [6, 6.07) is 12.2. The van der Waals surface area contributed by atoms with Crippen molar-refractivity contribution in [2.24, 2.45) is 0 Å². The Morgan fingerprint density at radius 3 is 2.59 bits per heavy atom. The zero-order chi connectivity index (χ0) is 20.6. The lowest BCUT2D eigenvalue weighted by Gasteiger charge is -2.22. The molecule has 4 rings (SSSR count). The van der Waals surface area contributed by atoms with Gasteiger partial charge in [-0.3, -0.25) is 14.5 Å². The molecule has 0 unspecified atom stereocenters.